The minimum absolute atomic E-state index is 0.430. The Hall–Kier alpha value is -0.930. The molecule has 1 atom stereocenters. The molecule has 3 heteroatoms. The van der Waals surface area contributed by atoms with Gasteiger partial charge in [-0.3, -0.25) is 0 Å². The number of nitrogens with one attached hydrogen (secondary N) is 1. The maximum atomic E-state index is 5.55. The van der Waals surface area contributed by atoms with Gasteiger partial charge in [0.25, 0.3) is 0 Å². The minimum atomic E-state index is 0.430. The van der Waals surface area contributed by atoms with E-state index in [1.54, 1.807) is 0 Å². The van der Waals surface area contributed by atoms with E-state index in [9.17, 15) is 0 Å². The molecule has 2 aromatic rings. The van der Waals surface area contributed by atoms with Crippen LogP contribution < -0.4 is 5.32 Å². The average Bonchev–Trinajstić information content (AvgIpc) is 2.97. The Bertz CT molecular complexity index is 528. The Morgan fingerprint density at radius 1 is 1.39 bits per heavy atom. The first-order valence-corrected chi connectivity index (χ1v) is 7.55. The first-order valence-electron chi connectivity index (χ1n) is 6.57. The van der Waals surface area contributed by atoms with Crippen LogP contribution in [0.2, 0.25) is 0 Å². The van der Waals surface area contributed by atoms with E-state index in [0.29, 0.717) is 4.75 Å². The van der Waals surface area contributed by atoms with Crippen molar-refractivity contribution < 1.29 is 4.42 Å². The minimum Gasteiger partial charge on any atom is -0.464 e. The van der Waals surface area contributed by atoms with Gasteiger partial charge in [-0.25, -0.2) is 0 Å². The van der Waals surface area contributed by atoms with Crippen LogP contribution in [0.5, 0.6) is 0 Å². The van der Waals surface area contributed by atoms with Crippen LogP contribution in [0.1, 0.15) is 25.3 Å². The van der Waals surface area contributed by atoms with Crippen LogP contribution in [0, 0.1) is 0 Å². The molecule has 2 heterocycles. The highest BCUT2D eigenvalue weighted by Gasteiger charge is 2.28. The molecule has 1 N–H and O–H groups in total. The van der Waals surface area contributed by atoms with Crippen molar-refractivity contribution in [3.05, 3.63) is 36.1 Å². The third kappa shape index (κ3) is 2.43. The molecular formula is C15H19NOS. The van der Waals surface area contributed by atoms with Crippen LogP contribution in [-0.4, -0.2) is 17.0 Å². The average molecular weight is 261 g/mol. The van der Waals surface area contributed by atoms with Gasteiger partial charge in [-0.15, -0.1) is 0 Å². The molecule has 2 nitrogen and oxygen atoms in total. The summed E-state index contributed by atoms with van der Waals surface area (Å²) in [5.74, 6) is 1.31. The molecular weight excluding hydrogens is 242 g/mol. The normalized spacial score (nSPS) is 23.8. The molecule has 18 heavy (non-hydrogen) atoms. The zero-order valence-corrected chi connectivity index (χ0v) is 11.6. The zero-order valence-electron chi connectivity index (χ0n) is 10.7. The van der Waals surface area contributed by atoms with E-state index in [1.165, 1.54) is 29.5 Å². The number of rotatable bonds is 4. The van der Waals surface area contributed by atoms with Gasteiger partial charge in [-0.1, -0.05) is 18.2 Å². The number of benzene rings is 1. The number of furan rings is 1. The lowest BCUT2D eigenvalue weighted by molar-refractivity contribution is 0.533. The van der Waals surface area contributed by atoms with Crippen molar-refractivity contribution in [2.45, 2.75) is 31.1 Å². The summed E-state index contributed by atoms with van der Waals surface area (Å²) in [6, 6.07) is 8.23. The molecule has 1 saturated heterocycles. The SMILES string of the molecule is CC1(CNCc2coc3ccccc23)CCCS1. The van der Waals surface area contributed by atoms with E-state index in [0.717, 1.165) is 18.7 Å². The Kier molecular flexibility index (Phi) is 3.35. The quantitative estimate of drug-likeness (QED) is 0.906. The molecule has 0 spiro atoms. The zero-order chi connectivity index (χ0) is 12.4. The van der Waals surface area contributed by atoms with Gasteiger partial charge in [-0.2, -0.15) is 11.8 Å². The second-order valence-electron chi connectivity index (χ2n) is 5.26. The van der Waals surface area contributed by atoms with E-state index in [1.807, 2.05) is 18.4 Å². The van der Waals surface area contributed by atoms with Gasteiger partial charge in [-0.05, 0) is 31.6 Å². The number of hydrogen-bond acceptors (Lipinski definition) is 3. The summed E-state index contributed by atoms with van der Waals surface area (Å²) in [5, 5.41) is 4.81. The van der Waals surface area contributed by atoms with Crippen LogP contribution in [0.3, 0.4) is 0 Å². The highest BCUT2D eigenvalue weighted by Crippen LogP contribution is 2.37. The van der Waals surface area contributed by atoms with E-state index in [2.05, 4.69) is 36.1 Å². The highest BCUT2D eigenvalue weighted by molar-refractivity contribution is 8.00. The number of para-hydroxylation sites is 1. The molecule has 1 fully saturated rings. The van der Waals surface area contributed by atoms with Crippen LogP contribution in [0.15, 0.2) is 34.9 Å². The summed E-state index contributed by atoms with van der Waals surface area (Å²) in [4.78, 5) is 0. The van der Waals surface area contributed by atoms with Crippen molar-refractivity contribution in [1.82, 2.24) is 5.32 Å². The molecule has 1 unspecified atom stereocenters. The lowest BCUT2D eigenvalue weighted by Crippen LogP contribution is -2.32. The number of thioether (sulfide) groups is 1. The van der Waals surface area contributed by atoms with Crippen molar-refractivity contribution in [2.24, 2.45) is 0 Å². The largest absolute Gasteiger partial charge is 0.464 e. The van der Waals surface area contributed by atoms with Gasteiger partial charge in [0.05, 0.1) is 6.26 Å². The van der Waals surface area contributed by atoms with E-state index in [-0.39, 0.29) is 0 Å². The number of hydrogen-bond donors (Lipinski definition) is 1. The van der Waals surface area contributed by atoms with Crippen molar-refractivity contribution in [3.8, 4) is 0 Å². The maximum Gasteiger partial charge on any atom is 0.134 e. The molecule has 0 radical (unpaired) electrons. The van der Waals surface area contributed by atoms with E-state index >= 15 is 0 Å². The van der Waals surface area contributed by atoms with E-state index < -0.39 is 0 Å². The lowest BCUT2D eigenvalue weighted by Gasteiger charge is -2.22. The van der Waals surface area contributed by atoms with Crippen molar-refractivity contribution in [3.63, 3.8) is 0 Å². The fraction of sp³-hybridized carbons (Fsp3) is 0.467. The van der Waals surface area contributed by atoms with Crippen LogP contribution >= 0.6 is 11.8 Å². The molecule has 0 aliphatic carbocycles. The van der Waals surface area contributed by atoms with Crippen molar-refractivity contribution in [2.75, 3.05) is 12.3 Å². The van der Waals surface area contributed by atoms with Gasteiger partial charge in [0.1, 0.15) is 5.58 Å². The standard InChI is InChI=1S/C15H19NOS/c1-15(7-4-8-18-15)11-16-9-12-10-17-14-6-3-2-5-13(12)14/h2-3,5-6,10,16H,4,7-9,11H2,1H3. The fourth-order valence-electron chi connectivity index (χ4n) is 2.61. The molecule has 96 valence electrons. The Labute approximate surface area is 112 Å². The molecule has 0 saturated carbocycles. The van der Waals surface area contributed by atoms with Crippen LogP contribution in [0.4, 0.5) is 0 Å². The molecule has 3 rings (SSSR count). The second-order valence-corrected chi connectivity index (χ2v) is 6.95. The Morgan fingerprint density at radius 2 is 2.28 bits per heavy atom. The maximum absolute atomic E-state index is 5.55. The first-order chi connectivity index (χ1) is 8.77. The third-order valence-corrected chi connectivity index (χ3v) is 5.21. The second kappa shape index (κ2) is 4.98. The van der Waals surface area contributed by atoms with Crippen LogP contribution in [0.25, 0.3) is 11.0 Å². The summed E-state index contributed by atoms with van der Waals surface area (Å²) in [6.45, 7) is 4.34. The Morgan fingerprint density at radius 3 is 3.11 bits per heavy atom. The van der Waals surface area contributed by atoms with Crippen molar-refractivity contribution in [1.29, 1.82) is 0 Å². The topological polar surface area (TPSA) is 25.2 Å². The lowest BCUT2D eigenvalue weighted by atomic mass is 10.1. The van der Waals surface area contributed by atoms with E-state index in [4.69, 9.17) is 4.42 Å². The molecule has 1 aliphatic rings. The van der Waals surface area contributed by atoms with Gasteiger partial charge < -0.3 is 9.73 Å². The van der Waals surface area contributed by atoms with Crippen molar-refractivity contribution >= 4 is 22.7 Å². The van der Waals surface area contributed by atoms with Crippen LogP contribution in [-0.2, 0) is 6.54 Å². The predicted octanol–water partition coefficient (Wildman–Crippen LogP) is 3.81. The fourth-order valence-corrected chi connectivity index (χ4v) is 3.88. The summed E-state index contributed by atoms with van der Waals surface area (Å²) in [7, 11) is 0. The summed E-state index contributed by atoms with van der Waals surface area (Å²) >= 11 is 2.10. The van der Waals surface area contributed by atoms with Gasteiger partial charge in [0.15, 0.2) is 0 Å². The van der Waals surface area contributed by atoms with Gasteiger partial charge in [0.2, 0.25) is 0 Å². The molecule has 0 amide bonds. The predicted molar refractivity (Wildman–Crippen MR) is 78.0 cm³/mol. The first kappa shape index (κ1) is 12.1. The Balaban J connectivity index is 1.63. The van der Waals surface area contributed by atoms with Gasteiger partial charge in [0, 0.05) is 28.8 Å². The molecule has 1 aromatic carbocycles. The van der Waals surface area contributed by atoms with Gasteiger partial charge >= 0.3 is 0 Å². The third-order valence-electron chi connectivity index (χ3n) is 3.68. The summed E-state index contributed by atoms with van der Waals surface area (Å²) in [5.41, 5.74) is 2.24. The molecule has 1 aromatic heterocycles. The highest BCUT2D eigenvalue weighted by atomic mass is 32.2. The monoisotopic (exact) mass is 261 g/mol. The summed E-state index contributed by atoms with van der Waals surface area (Å²) < 4.78 is 5.98. The summed E-state index contributed by atoms with van der Waals surface area (Å²) in [6.07, 6.45) is 4.57. The molecule has 0 bridgehead atoms. The number of fused-ring (bicyclic) bond motifs is 1. The smallest absolute Gasteiger partial charge is 0.134 e. The molecule has 1 aliphatic heterocycles.